The van der Waals surface area contributed by atoms with Gasteiger partial charge in [-0.05, 0) is 47.0 Å². The molecule has 2 aromatic heterocycles. The zero-order valence-corrected chi connectivity index (χ0v) is 11.3. The van der Waals surface area contributed by atoms with Crippen molar-refractivity contribution in [1.29, 1.82) is 0 Å². The van der Waals surface area contributed by atoms with Crippen LogP contribution < -0.4 is 5.32 Å². The quantitative estimate of drug-likeness (QED) is 0.869. The van der Waals surface area contributed by atoms with E-state index >= 15 is 0 Å². The molecule has 0 fully saturated rings. The Kier molecular flexibility index (Phi) is 2.65. The second-order valence-corrected chi connectivity index (χ2v) is 6.14. The minimum absolute atomic E-state index is 0.230. The zero-order valence-electron chi connectivity index (χ0n) is 8.92. The number of fused-ring (bicyclic) bond motifs is 1. The Morgan fingerprint density at radius 3 is 3.19 bits per heavy atom. The zero-order chi connectivity index (χ0) is 11.1. The fourth-order valence-electron chi connectivity index (χ4n) is 2.10. The molecule has 4 heteroatoms. The van der Waals surface area contributed by atoms with Gasteiger partial charge in [0.05, 0.1) is 6.26 Å². The van der Waals surface area contributed by atoms with E-state index in [4.69, 9.17) is 4.42 Å². The Balaban J connectivity index is 2.03. The predicted octanol–water partition coefficient (Wildman–Crippen LogP) is 3.65. The van der Waals surface area contributed by atoms with Gasteiger partial charge in [-0.3, -0.25) is 0 Å². The van der Waals surface area contributed by atoms with Crippen LogP contribution in [0.15, 0.2) is 27.3 Å². The molecule has 3 heterocycles. The molecule has 16 heavy (non-hydrogen) atoms. The standard InChI is InChI=1S/C12H12BrNOS/c1-7-9(13)6-10(16-7)11-12-8(2-4-14-11)3-5-15-12/h3,5-6,11,14H,2,4H2,1H3. The Morgan fingerprint density at radius 1 is 1.56 bits per heavy atom. The lowest BCUT2D eigenvalue weighted by Crippen LogP contribution is -2.29. The molecule has 1 aliphatic rings. The van der Waals surface area contributed by atoms with Crippen LogP contribution in [0.4, 0.5) is 0 Å². The molecule has 2 aromatic rings. The summed E-state index contributed by atoms with van der Waals surface area (Å²) in [5.74, 6) is 1.08. The Labute approximate surface area is 107 Å². The van der Waals surface area contributed by atoms with Gasteiger partial charge in [0.1, 0.15) is 11.8 Å². The van der Waals surface area contributed by atoms with Crippen molar-refractivity contribution in [3.8, 4) is 0 Å². The molecule has 1 aliphatic heterocycles. The lowest BCUT2D eigenvalue weighted by molar-refractivity contribution is 0.428. The van der Waals surface area contributed by atoms with E-state index in [-0.39, 0.29) is 6.04 Å². The number of nitrogens with one attached hydrogen (secondary N) is 1. The van der Waals surface area contributed by atoms with E-state index in [2.05, 4.69) is 40.3 Å². The van der Waals surface area contributed by atoms with Crippen LogP contribution in [0.25, 0.3) is 0 Å². The second kappa shape index (κ2) is 4.02. The third-order valence-electron chi connectivity index (χ3n) is 2.95. The van der Waals surface area contributed by atoms with Gasteiger partial charge in [-0.15, -0.1) is 11.3 Å². The van der Waals surface area contributed by atoms with Gasteiger partial charge in [-0.2, -0.15) is 0 Å². The molecule has 0 aromatic carbocycles. The summed E-state index contributed by atoms with van der Waals surface area (Å²) in [7, 11) is 0. The maximum Gasteiger partial charge on any atom is 0.129 e. The molecule has 0 radical (unpaired) electrons. The van der Waals surface area contributed by atoms with E-state index in [1.54, 1.807) is 6.26 Å². The van der Waals surface area contributed by atoms with Crippen molar-refractivity contribution in [1.82, 2.24) is 5.32 Å². The van der Waals surface area contributed by atoms with Crippen molar-refractivity contribution in [2.75, 3.05) is 6.54 Å². The first-order valence-corrected chi connectivity index (χ1v) is 6.92. The van der Waals surface area contributed by atoms with E-state index in [1.165, 1.54) is 19.8 Å². The molecule has 1 atom stereocenters. The number of rotatable bonds is 1. The fraction of sp³-hybridized carbons (Fsp3) is 0.333. The number of hydrogen-bond donors (Lipinski definition) is 1. The van der Waals surface area contributed by atoms with E-state index in [0.29, 0.717) is 0 Å². The highest BCUT2D eigenvalue weighted by Gasteiger charge is 2.25. The summed E-state index contributed by atoms with van der Waals surface area (Å²) in [6.07, 6.45) is 2.86. The van der Waals surface area contributed by atoms with Gasteiger partial charge in [-0.25, -0.2) is 0 Å². The molecule has 1 unspecified atom stereocenters. The SMILES string of the molecule is Cc1sc(C2NCCc3ccoc32)cc1Br. The average molecular weight is 298 g/mol. The van der Waals surface area contributed by atoms with E-state index in [0.717, 1.165) is 18.7 Å². The van der Waals surface area contributed by atoms with E-state index in [9.17, 15) is 0 Å². The van der Waals surface area contributed by atoms with Crippen molar-refractivity contribution >= 4 is 27.3 Å². The maximum absolute atomic E-state index is 5.60. The van der Waals surface area contributed by atoms with Crippen molar-refractivity contribution in [2.45, 2.75) is 19.4 Å². The summed E-state index contributed by atoms with van der Waals surface area (Å²) in [5.41, 5.74) is 1.34. The Bertz CT molecular complexity index is 497. The summed E-state index contributed by atoms with van der Waals surface area (Å²) in [6.45, 7) is 3.15. The third-order valence-corrected chi connectivity index (χ3v) is 5.15. The summed E-state index contributed by atoms with van der Waals surface area (Å²) in [5, 5.41) is 3.51. The molecule has 0 saturated carbocycles. The van der Waals surface area contributed by atoms with Gasteiger partial charge in [0.25, 0.3) is 0 Å². The molecule has 0 aliphatic carbocycles. The first kappa shape index (κ1) is 10.6. The summed E-state index contributed by atoms with van der Waals surface area (Å²) in [4.78, 5) is 2.63. The minimum atomic E-state index is 0.230. The molecule has 2 nitrogen and oxygen atoms in total. The summed E-state index contributed by atoms with van der Waals surface area (Å²) < 4.78 is 6.79. The lowest BCUT2D eigenvalue weighted by Gasteiger charge is -2.21. The fourth-order valence-corrected chi connectivity index (χ4v) is 3.74. The summed E-state index contributed by atoms with van der Waals surface area (Å²) in [6, 6.07) is 4.50. The molecule has 0 bridgehead atoms. The summed E-state index contributed by atoms with van der Waals surface area (Å²) >= 11 is 5.38. The normalized spacial score (nSPS) is 19.8. The van der Waals surface area contributed by atoms with E-state index < -0.39 is 0 Å². The molecule has 0 spiro atoms. The monoisotopic (exact) mass is 297 g/mol. The lowest BCUT2D eigenvalue weighted by atomic mass is 10.0. The first-order chi connectivity index (χ1) is 7.75. The number of halogens is 1. The number of thiophene rings is 1. The second-order valence-electron chi connectivity index (χ2n) is 4.00. The predicted molar refractivity (Wildman–Crippen MR) is 69.0 cm³/mol. The van der Waals surface area contributed by atoms with Crippen molar-refractivity contribution in [3.63, 3.8) is 0 Å². The van der Waals surface area contributed by atoms with Crippen LogP contribution in [0.1, 0.15) is 27.1 Å². The average Bonchev–Trinajstić information content (AvgIpc) is 2.85. The van der Waals surface area contributed by atoms with Crippen LogP contribution in [0, 0.1) is 6.92 Å². The first-order valence-electron chi connectivity index (χ1n) is 5.31. The van der Waals surface area contributed by atoms with Crippen LogP contribution in [0.5, 0.6) is 0 Å². The van der Waals surface area contributed by atoms with Crippen LogP contribution in [-0.2, 0) is 6.42 Å². The number of furan rings is 1. The van der Waals surface area contributed by atoms with Gasteiger partial charge < -0.3 is 9.73 Å². The molecule has 0 saturated heterocycles. The van der Waals surface area contributed by atoms with Crippen molar-refractivity contribution < 1.29 is 4.42 Å². The molecular formula is C12H12BrNOS. The molecule has 84 valence electrons. The topological polar surface area (TPSA) is 25.2 Å². The van der Waals surface area contributed by atoms with E-state index in [1.807, 2.05) is 11.3 Å². The van der Waals surface area contributed by atoms with Crippen LogP contribution >= 0.6 is 27.3 Å². The van der Waals surface area contributed by atoms with Crippen LogP contribution in [-0.4, -0.2) is 6.54 Å². The van der Waals surface area contributed by atoms with Gasteiger partial charge >= 0.3 is 0 Å². The molecule has 3 rings (SSSR count). The third kappa shape index (κ3) is 1.65. The number of hydrogen-bond acceptors (Lipinski definition) is 3. The maximum atomic E-state index is 5.60. The molecule has 0 amide bonds. The number of aryl methyl sites for hydroxylation is 1. The van der Waals surface area contributed by atoms with Gasteiger partial charge in [0.2, 0.25) is 0 Å². The molecule has 1 N–H and O–H groups in total. The van der Waals surface area contributed by atoms with Crippen LogP contribution in [0.2, 0.25) is 0 Å². The highest BCUT2D eigenvalue weighted by Crippen LogP contribution is 2.36. The highest BCUT2D eigenvalue weighted by atomic mass is 79.9. The van der Waals surface area contributed by atoms with Crippen LogP contribution in [0.3, 0.4) is 0 Å². The largest absolute Gasteiger partial charge is 0.467 e. The van der Waals surface area contributed by atoms with Gasteiger partial charge in [0, 0.05) is 20.8 Å². The van der Waals surface area contributed by atoms with Crippen molar-refractivity contribution in [2.24, 2.45) is 0 Å². The smallest absolute Gasteiger partial charge is 0.129 e. The highest BCUT2D eigenvalue weighted by molar-refractivity contribution is 9.10. The Morgan fingerprint density at radius 2 is 2.44 bits per heavy atom. The van der Waals surface area contributed by atoms with Gasteiger partial charge in [-0.1, -0.05) is 0 Å². The van der Waals surface area contributed by atoms with Gasteiger partial charge in [0.15, 0.2) is 0 Å². The molecular weight excluding hydrogens is 286 g/mol. The minimum Gasteiger partial charge on any atom is -0.467 e. The van der Waals surface area contributed by atoms with Crippen molar-refractivity contribution in [3.05, 3.63) is 43.9 Å². The Hall–Kier alpha value is -0.580.